The number of rotatable bonds is 5. The van der Waals surface area contributed by atoms with E-state index < -0.39 is 0 Å². The summed E-state index contributed by atoms with van der Waals surface area (Å²) in [4.78, 5) is 5.62. The molecule has 0 aromatic carbocycles. The first-order chi connectivity index (χ1) is 8.29. The van der Waals surface area contributed by atoms with Crippen LogP contribution in [0.4, 0.5) is 0 Å². The topological polar surface area (TPSA) is 24.9 Å². The van der Waals surface area contributed by atoms with E-state index in [0.29, 0.717) is 6.04 Å². The van der Waals surface area contributed by atoms with E-state index in [4.69, 9.17) is 0 Å². The van der Waals surface area contributed by atoms with Crippen LogP contribution in [-0.2, 0) is 6.54 Å². The number of pyridine rings is 1. The van der Waals surface area contributed by atoms with Crippen LogP contribution in [0, 0.1) is 6.92 Å². The second-order valence-electron chi connectivity index (χ2n) is 4.23. The van der Waals surface area contributed by atoms with Crippen LogP contribution in [0.3, 0.4) is 0 Å². The van der Waals surface area contributed by atoms with Crippen LogP contribution in [0.5, 0.6) is 0 Å². The molecule has 90 valence electrons. The third-order valence-corrected chi connectivity index (χ3v) is 3.77. The number of aryl methyl sites for hydroxylation is 1. The first kappa shape index (κ1) is 12.3. The summed E-state index contributed by atoms with van der Waals surface area (Å²) in [6.45, 7) is 5.17. The van der Waals surface area contributed by atoms with Gasteiger partial charge in [0, 0.05) is 29.9 Å². The Bertz CT molecular complexity index is 451. The fraction of sp³-hybridized carbons (Fsp3) is 0.357. The van der Waals surface area contributed by atoms with Crippen LogP contribution in [0.25, 0.3) is 0 Å². The minimum absolute atomic E-state index is 0.454. The molecule has 0 radical (unpaired) electrons. The van der Waals surface area contributed by atoms with Gasteiger partial charge >= 0.3 is 0 Å². The van der Waals surface area contributed by atoms with Gasteiger partial charge in [0.1, 0.15) is 0 Å². The SMILES string of the molecule is CCC(NCc1cncc(C)c1)c1cccs1. The van der Waals surface area contributed by atoms with E-state index in [1.807, 2.05) is 23.7 Å². The molecule has 2 aromatic rings. The lowest BCUT2D eigenvalue weighted by Gasteiger charge is -2.15. The van der Waals surface area contributed by atoms with E-state index in [9.17, 15) is 0 Å². The first-order valence-corrected chi connectivity index (χ1v) is 6.85. The highest BCUT2D eigenvalue weighted by molar-refractivity contribution is 7.10. The van der Waals surface area contributed by atoms with E-state index in [1.165, 1.54) is 16.0 Å². The molecule has 0 bridgehead atoms. The van der Waals surface area contributed by atoms with Gasteiger partial charge in [0.25, 0.3) is 0 Å². The summed E-state index contributed by atoms with van der Waals surface area (Å²) in [5, 5.41) is 5.72. The Labute approximate surface area is 107 Å². The lowest BCUT2D eigenvalue weighted by Crippen LogP contribution is -2.19. The molecule has 1 atom stereocenters. The van der Waals surface area contributed by atoms with Crippen LogP contribution < -0.4 is 5.32 Å². The molecule has 2 nitrogen and oxygen atoms in total. The van der Waals surface area contributed by atoms with Crippen LogP contribution in [0.1, 0.15) is 35.4 Å². The molecular formula is C14H18N2S. The number of thiophene rings is 1. The summed E-state index contributed by atoms with van der Waals surface area (Å²) in [7, 11) is 0. The van der Waals surface area contributed by atoms with Crippen LogP contribution in [0.15, 0.2) is 36.0 Å². The molecule has 0 aliphatic heterocycles. The van der Waals surface area contributed by atoms with E-state index >= 15 is 0 Å². The van der Waals surface area contributed by atoms with Gasteiger partial charge in [0.15, 0.2) is 0 Å². The van der Waals surface area contributed by atoms with Crippen molar-refractivity contribution in [1.29, 1.82) is 0 Å². The molecule has 0 fully saturated rings. The largest absolute Gasteiger partial charge is 0.305 e. The summed E-state index contributed by atoms with van der Waals surface area (Å²) in [6, 6.07) is 6.94. The third-order valence-electron chi connectivity index (χ3n) is 2.78. The van der Waals surface area contributed by atoms with Crippen molar-refractivity contribution in [3.8, 4) is 0 Å². The normalized spacial score (nSPS) is 12.6. The summed E-state index contributed by atoms with van der Waals surface area (Å²) in [5.41, 5.74) is 2.47. The molecule has 2 aromatic heterocycles. The maximum atomic E-state index is 4.21. The molecule has 0 spiro atoms. The van der Waals surface area contributed by atoms with Gasteiger partial charge in [0.05, 0.1) is 0 Å². The molecule has 0 aliphatic carbocycles. The number of aromatic nitrogens is 1. The zero-order valence-corrected chi connectivity index (χ0v) is 11.1. The second-order valence-corrected chi connectivity index (χ2v) is 5.21. The van der Waals surface area contributed by atoms with Crippen molar-refractivity contribution in [3.63, 3.8) is 0 Å². The van der Waals surface area contributed by atoms with Crippen LogP contribution in [0.2, 0.25) is 0 Å². The summed E-state index contributed by atoms with van der Waals surface area (Å²) in [6.07, 6.45) is 4.93. The van der Waals surface area contributed by atoms with E-state index in [1.54, 1.807) is 0 Å². The van der Waals surface area contributed by atoms with E-state index in [2.05, 4.69) is 47.7 Å². The number of hydrogen-bond donors (Lipinski definition) is 1. The fourth-order valence-corrected chi connectivity index (χ4v) is 2.78. The maximum Gasteiger partial charge on any atom is 0.0414 e. The Hall–Kier alpha value is -1.19. The zero-order valence-electron chi connectivity index (χ0n) is 10.3. The zero-order chi connectivity index (χ0) is 12.1. The van der Waals surface area contributed by atoms with Gasteiger partial charge in [-0.3, -0.25) is 4.98 Å². The molecule has 2 rings (SSSR count). The minimum atomic E-state index is 0.454. The Kier molecular flexibility index (Phi) is 4.29. The number of nitrogens with one attached hydrogen (secondary N) is 1. The molecule has 2 heterocycles. The number of hydrogen-bond acceptors (Lipinski definition) is 3. The average molecular weight is 246 g/mol. The molecule has 1 unspecified atom stereocenters. The van der Waals surface area contributed by atoms with E-state index in [-0.39, 0.29) is 0 Å². The molecular weight excluding hydrogens is 228 g/mol. The van der Waals surface area contributed by atoms with Gasteiger partial charge in [-0.25, -0.2) is 0 Å². The summed E-state index contributed by atoms with van der Waals surface area (Å²) < 4.78 is 0. The molecule has 17 heavy (non-hydrogen) atoms. The van der Waals surface area contributed by atoms with Crippen molar-refractivity contribution in [3.05, 3.63) is 52.0 Å². The fourth-order valence-electron chi connectivity index (χ4n) is 1.89. The van der Waals surface area contributed by atoms with Gasteiger partial charge in [-0.2, -0.15) is 0 Å². The average Bonchev–Trinajstić information content (AvgIpc) is 2.84. The smallest absolute Gasteiger partial charge is 0.0414 e. The Morgan fingerprint density at radius 3 is 2.94 bits per heavy atom. The van der Waals surface area contributed by atoms with Crippen molar-refractivity contribution in [2.24, 2.45) is 0 Å². The molecule has 0 amide bonds. The Balaban J connectivity index is 1.97. The summed E-state index contributed by atoms with van der Waals surface area (Å²) in [5.74, 6) is 0. The van der Waals surface area contributed by atoms with Crippen LogP contribution >= 0.6 is 11.3 Å². The third kappa shape index (κ3) is 3.38. The molecule has 0 saturated heterocycles. The van der Waals surface area contributed by atoms with Gasteiger partial charge in [-0.05, 0) is 35.9 Å². The molecule has 0 saturated carbocycles. The summed E-state index contributed by atoms with van der Waals surface area (Å²) >= 11 is 1.82. The van der Waals surface area contributed by atoms with Crippen LogP contribution in [-0.4, -0.2) is 4.98 Å². The Morgan fingerprint density at radius 1 is 1.41 bits per heavy atom. The second kappa shape index (κ2) is 5.94. The quantitative estimate of drug-likeness (QED) is 0.870. The number of nitrogens with zero attached hydrogens (tertiary/aromatic N) is 1. The highest BCUT2D eigenvalue weighted by atomic mass is 32.1. The van der Waals surface area contributed by atoms with Crippen molar-refractivity contribution in [2.75, 3.05) is 0 Å². The van der Waals surface area contributed by atoms with Crippen molar-refractivity contribution in [2.45, 2.75) is 32.9 Å². The van der Waals surface area contributed by atoms with Gasteiger partial charge in [0.2, 0.25) is 0 Å². The van der Waals surface area contributed by atoms with Crippen molar-refractivity contribution < 1.29 is 0 Å². The minimum Gasteiger partial charge on any atom is -0.305 e. The van der Waals surface area contributed by atoms with Gasteiger partial charge in [-0.15, -0.1) is 11.3 Å². The van der Waals surface area contributed by atoms with Gasteiger partial charge < -0.3 is 5.32 Å². The highest BCUT2D eigenvalue weighted by Gasteiger charge is 2.09. The first-order valence-electron chi connectivity index (χ1n) is 5.97. The standard InChI is InChI=1S/C14H18N2S/c1-3-13(14-5-4-6-17-14)16-10-12-7-11(2)8-15-9-12/h4-9,13,16H,3,10H2,1-2H3. The van der Waals surface area contributed by atoms with Crippen molar-refractivity contribution >= 4 is 11.3 Å². The van der Waals surface area contributed by atoms with E-state index in [0.717, 1.165) is 13.0 Å². The lowest BCUT2D eigenvalue weighted by molar-refractivity contribution is 0.526. The predicted molar refractivity (Wildman–Crippen MR) is 73.2 cm³/mol. The lowest BCUT2D eigenvalue weighted by atomic mass is 10.1. The monoisotopic (exact) mass is 246 g/mol. The predicted octanol–water partition coefficient (Wildman–Crippen LogP) is 3.69. The van der Waals surface area contributed by atoms with Crippen molar-refractivity contribution in [1.82, 2.24) is 10.3 Å². The molecule has 3 heteroatoms. The Morgan fingerprint density at radius 2 is 2.29 bits per heavy atom. The molecule has 1 N–H and O–H groups in total. The highest BCUT2D eigenvalue weighted by Crippen LogP contribution is 2.21. The van der Waals surface area contributed by atoms with Gasteiger partial charge in [-0.1, -0.05) is 19.1 Å². The molecule has 0 aliphatic rings. The maximum absolute atomic E-state index is 4.21.